The smallest absolute Gasteiger partial charge is 0.267 e. The minimum absolute atomic E-state index is 0.177. The number of anilines is 2. The maximum absolute atomic E-state index is 12.6. The van der Waals surface area contributed by atoms with Crippen LogP contribution >= 0.6 is 15.9 Å². The van der Waals surface area contributed by atoms with Crippen LogP contribution < -0.4 is 15.0 Å². The highest BCUT2D eigenvalue weighted by Gasteiger charge is 2.30. The van der Waals surface area contributed by atoms with E-state index in [9.17, 15) is 4.79 Å². The van der Waals surface area contributed by atoms with Crippen LogP contribution in [-0.4, -0.2) is 24.6 Å². The van der Waals surface area contributed by atoms with Gasteiger partial charge in [0.25, 0.3) is 5.91 Å². The van der Waals surface area contributed by atoms with Gasteiger partial charge in [0.2, 0.25) is 0 Å². The van der Waals surface area contributed by atoms with Gasteiger partial charge in [-0.1, -0.05) is 15.9 Å². The number of carbonyl (C=O) groups is 1. The Labute approximate surface area is 157 Å². The van der Waals surface area contributed by atoms with Crippen molar-refractivity contribution in [1.29, 1.82) is 0 Å². The Hall–Kier alpha value is -2.01. The van der Waals surface area contributed by atoms with Crippen LogP contribution in [-0.2, 0) is 4.79 Å². The van der Waals surface area contributed by atoms with Crippen molar-refractivity contribution < 1.29 is 9.53 Å². The highest BCUT2D eigenvalue weighted by atomic mass is 79.9. The van der Waals surface area contributed by atoms with Crippen molar-refractivity contribution in [3.8, 4) is 5.75 Å². The monoisotopic (exact) mass is 402 g/mol. The fraction of sp³-hybridized carbons (Fsp3) is 0.350. The quantitative estimate of drug-likeness (QED) is 0.777. The number of rotatable bonds is 5. The van der Waals surface area contributed by atoms with Crippen molar-refractivity contribution in [2.75, 3.05) is 23.3 Å². The Morgan fingerprint density at radius 3 is 2.24 bits per heavy atom. The number of hydrogen-bond donors (Lipinski definition) is 1. The summed E-state index contributed by atoms with van der Waals surface area (Å²) in [6, 6.07) is 15.5. The molecule has 1 heterocycles. The molecule has 0 spiro atoms. The summed E-state index contributed by atoms with van der Waals surface area (Å²) < 4.78 is 6.83. The average Bonchev–Trinajstić information content (AvgIpc) is 3.12. The van der Waals surface area contributed by atoms with Gasteiger partial charge >= 0.3 is 0 Å². The number of ether oxygens (including phenoxy) is 1. The molecule has 2 aromatic rings. The van der Waals surface area contributed by atoms with Crippen LogP contribution in [0.4, 0.5) is 11.4 Å². The third kappa shape index (κ3) is 4.54. The average molecular weight is 403 g/mol. The molecule has 0 radical (unpaired) electrons. The van der Waals surface area contributed by atoms with E-state index in [0.717, 1.165) is 23.2 Å². The van der Waals surface area contributed by atoms with Crippen LogP contribution in [0.5, 0.6) is 5.75 Å². The van der Waals surface area contributed by atoms with Gasteiger partial charge in [0.05, 0.1) is 0 Å². The molecule has 2 aromatic carbocycles. The highest BCUT2D eigenvalue weighted by Crippen LogP contribution is 2.24. The number of benzene rings is 2. The fourth-order valence-electron chi connectivity index (χ4n) is 2.86. The van der Waals surface area contributed by atoms with Gasteiger partial charge < -0.3 is 15.0 Å². The summed E-state index contributed by atoms with van der Waals surface area (Å²) in [6.07, 6.45) is 2.50. The molecule has 1 aliphatic heterocycles. The molecule has 5 heteroatoms. The normalized spacial score (nSPS) is 14.4. The van der Waals surface area contributed by atoms with Crippen LogP contribution in [0.3, 0.4) is 0 Å². The Bertz CT molecular complexity index is 720. The van der Waals surface area contributed by atoms with Crippen LogP contribution in [0.1, 0.15) is 26.7 Å². The Kier molecular flexibility index (Phi) is 5.33. The molecule has 0 unspecified atom stereocenters. The predicted octanol–water partition coefficient (Wildman–Crippen LogP) is 4.85. The Morgan fingerprint density at radius 1 is 1.04 bits per heavy atom. The SMILES string of the molecule is CC(C)(Oc1ccc(Br)cc1)C(=O)Nc1ccc(N2CCCC2)cc1. The van der Waals surface area contributed by atoms with Gasteiger partial charge in [-0.3, -0.25) is 4.79 Å². The summed E-state index contributed by atoms with van der Waals surface area (Å²) in [5.41, 5.74) is 1.02. The summed E-state index contributed by atoms with van der Waals surface area (Å²) >= 11 is 3.39. The van der Waals surface area contributed by atoms with E-state index in [0.29, 0.717) is 5.75 Å². The predicted molar refractivity (Wildman–Crippen MR) is 105 cm³/mol. The molecule has 1 amide bonds. The first kappa shape index (κ1) is 17.8. The molecule has 4 nitrogen and oxygen atoms in total. The number of hydrogen-bond acceptors (Lipinski definition) is 3. The Balaban J connectivity index is 1.62. The Morgan fingerprint density at radius 2 is 1.64 bits per heavy atom. The second-order valence-electron chi connectivity index (χ2n) is 6.76. The topological polar surface area (TPSA) is 41.6 Å². The molecule has 25 heavy (non-hydrogen) atoms. The van der Waals surface area contributed by atoms with E-state index in [1.165, 1.54) is 18.5 Å². The van der Waals surface area contributed by atoms with Crippen LogP contribution in [0.15, 0.2) is 53.0 Å². The molecule has 1 saturated heterocycles. The third-order valence-electron chi connectivity index (χ3n) is 4.33. The minimum atomic E-state index is -0.971. The third-order valence-corrected chi connectivity index (χ3v) is 4.86. The van der Waals surface area contributed by atoms with Gasteiger partial charge in [-0.15, -0.1) is 0 Å². The number of nitrogens with zero attached hydrogens (tertiary/aromatic N) is 1. The molecule has 132 valence electrons. The lowest BCUT2D eigenvalue weighted by Gasteiger charge is -2.25. The molecule has 1 fully saturated rings. The van der Waals surface area contributed by atoms with Gasteiger partial charge in [-0.25, -0.2) is 0 Å². The fourth-order valence-corrected chi connectivity index (χ4v) is 3.12. The molecule has 0 aromatic heterocycles. The molecule has 3 rings (SSSR count). The zero-order valence-corrected chi connectivity index (χ0v) is 16.2. The molecular formula is C20H23BrN2O2. The number of nitrogens with one attached hydrogen (secondary N) is 1. The zero-order valence-electron chi connectivity index (χ0n) is 14.6. The maximum atomic E-state index is 12.6. The van der Waals surface area contributed by atoms with Crippen molar-refractivity contribution in [2.24, 2.45) is 0 Å². The lowest BCUT2D eigenvalue weighted by Crippen LogP contribution is -2.42. The van der Waals surface area contributed by atoms with E-state index in [1.54, 1.807) is 13.8 Å². The van der Waals surface area contributed by atoms with Gasteiger partial charge in [0.1, 0.15) is 5.75 Å². The van der Waals surface area contributed by atoms with E-state index in [-0.39, 0.29) is 5.91 Å². The van der Waals surface area contributed by atoms with E-state index in [2.05, 4.69) is 38.3 Å². The summed E-state index contributed by atoms with van der Waals surface area (Å²) in [7, 11) is 0. The molecule has 0 bridgehead atoms. The lowest BCUT2D eigenvalue weighted by molar-refractivity contribution is -0.128. The van der Waals surface area contributed by atoms with E-state index >= 15 is 0 Å². The van der Waals surface area contributed by atoms with Gasteiger partial charge in [-0.05, 0) is 75.2 Å². The van der Waals surface area contributed by atoms with Crippen molar-refractivity contribution >= 4 is 33.2 Å². The summed E-state index contributed by atoms with van der Waals surface area (Å²) in [5.74, 6) is 0.483. The van der Waals surface area contributed by atoms with Crippen molar-refractivity contribution in [3.63, 3.8) is 0 Å². The van der Waals surface area contributed by atoms with Gasteiger partial charge in [0.15, 0.2) is 5.60 Å². The zero-order chi connectivity index (χ0) is 17.9. The van der Waals surface area contributed by atoms with E-state index < -0.39 is 5.60 Å². The van der Waals surface area contributed by atoms with E-state index in [1.807, 2.05) is 36.4 Å². The second-order valence-corrected chi connectivity index (χ2v) is 7.68. The van der Waals surface area contributed by atoms with E-state index in [4.69, 9.17) is 4.74 Å². The minimum Gasteiger partial charge on any atom is -0.478 e. The number of halogens is 1. The van der Waals surface area contributed by atoms with Crippen LogP contribution in [0.2, 0.25) is 0 Å². The molecule has 0 atom stereocenters. The molecule has 1 N–H and O–H groups in total. The maximum Gasteiger partial charge on any atom is 0.267 e. The largest absolute Gasteiger partial charge is 0.478 e. The summed E-state index contributed by atoms with van der Waals surface area (Å²) in [6.45, 7) is 5.76. The van der Waals surface area contributed by atoms with Gasteiger partial charge in [-0.2, -0.15) is 0 Å². The first-order valence-corrected chi connectivity index (χ1v) is 9.34. The lowest BCUT2D eigenvalue weighted by atomic mass is 10.1. The van der Waals surface area contributed by atoms with Crippen LogP contribution in [0, 0.1) is 0 Å². The molecular weight excluding hydrogens is 380 g/mol. The van der Waals surface area contributed by atoms with Gasteiger partial charge in [0, 0.05) is 28.9 Å². The number of amides is 1. The standard InChI is InChI=1S/C20H23BrN2O2/c1-20(2,25-18-11-5-15(21)6-12-18)19(24)22-16-7-9-17(10-8-16)23-13-3-4-14-23/h5-12H,3-4,13-14H2,1-2H3,(H,22,24). The highest BCUT2D eigenvalue weighted by molar-refractivity contribution is 9.10. The second kappa shape index (κ2) is 7.48. The number of carbonyl (C=O) groups excluding carboxylic acids is 1. The summed E-state index contributed by atoms with van der Waals surface area (Å²) in [4.78, 5) is 15.0. The first-order valence-electron chi connectivity index (χ1n) is 8.55. The van der Waals surface area contributed by atoms with Crippen molar-refractivity contribution in [3.05, 3.63) is 53.0 Å². The van der Waals surface area contributed by atoms with Crippen molar-refractivity contribution in [1.82, 2.24) is 0 Å². The van der Waals surface area contributed by atoms with Crippen LogP contribution in [0.25, 0.3) is 0 Å². The molecule has 0 aliphatic carbocycles. The van der Waals surface area contributed by atoms with Crippen molar-refractivity contribution in [2.45, 2.75) is 32.3 Å². The first-order chi connectivity index (χ1) is 11.9. The molecule has 1 aliphatic rings. The summed E-state index contributed by atoms with van der Waals surface area (Å²) in [5, 5.41) is 2.94. The molecule has 0 saturated carbocycles.